The Balaban J connectivity index is 2.56. The van der Waals surface area contributed by atoms with Crippen LogP contribution in [-0.2, 0) is 4.79 Å². The van der Waals surface area contributed by atoms with Crippen LogP contribution in [0.5, 0.6) is 0 Å². The summed E-state index contributed by atoms with van der Waals surface area (Å²) in [5.41, 5.74) is 0. The molecule has 0 aliphatic carbocycles. The van der Waals surface area contributed by atoms with Crippen LogP contribution < -0.4 is 0 Å². The third-order valence-corrected chi connectivity index (χ3v) is 2.98. The summed E-state index contributed by atoms with van der Waals surface area (Å²) in [5.74, 6) is 6.35. The lowest BCUT2D eigenvalue weighted by Gasteiger charge is -2.27. The average molecular weight is 207 g/mol. The highest BCUT2D eigenvalue weighted by Crippen LogP contribution is 2.18. The summed E-state index contributed by atoms with van der Waals surface area (Å²) in [6.45, 7) is 5.49. The number of likely N-dealkylation sites (tertiary alicyclic amines) is 1. The molecule has 0 bridgehead atoms. The largest absolute Gasteiger partial charge is 0.300 e. The molecule has 0 N–H and O–H groups in total. The van der Waals surface area contributed by atoms with Crippen LogP contribution >= 0.6 is 0 Å². The van der Waals surface area contributed by atoms with Gasteiger partial charge in [0, 0.05) is 12.5 Å². The molecule has 0 spiro atoms. The van der Waals surface area contributed by atoms with Gasteiger partial charge in [-0.1, -0.05) is 18.8 Å². The van der Waals surface area contributed by atoms with Crippen molar-refractivity contribution in [2.45, 2.75) is 52.0 Å². The lowest BCUT2D eigenvalue weighted by atomic mass is 10.0. The van der Waals surface area contributed by atoms with Crippen LogP contribution in [0, 0.1) is 11.8 Å². The molecule has 0 aromatic rings. The number of Topliss-reactive ketones (excluding diaryl/α,β-unsaturated/α-hetero) is 1. The van der Waals surface area contributed by atoms with Crippen molar-refractivity contribution in [1.29, 1.82) is 0 Å². The normalized spacial score (nSPS) is 22.7. The Kier molecular flexibility index (Phi) is 5.42. The van der Waals surface area contributed by atoms with Crippen LogP contribution in [-0.4, -0.2) is 29.8 Å². The van der Waals surface area contributed by atoms with Gasteiger partial charge in [0.05, 0.1) is 6.54 Å². The van der Waals surface area contributed by atoms with Crippen LogP contribution in [0.25, 0.3) is 0 Å². The maximum atomic E-state index is 11.2. The van der Waals surface area contributed by atoms with Crippen LogP contribution in [0.1, 0.15) is 46.0 Å². The molecule has 1 rings (SSSR count). The van der Waals surface area contributed by atoms with Crippen molar-refractivity contribution in [2.24, 2.45) is 0 Å². The lowest BCUT2D eigenvalue weighted by molar-refractivity contribution is -0.118. The topological polar surface area (TPSA) is 20.3 Å². The number of ketones is 1. The minimum atomic E-state index is 0.302. The van der Waals surface area contributed by atoms with Crippen molar-refractivity contribution >= 4 is 5.78 Å². The molecule has 1 aliphatic heterocycles. The van der Waals surface area contributed by atoms with E-state index >= 15 is 0 Å². The van der Waals surface area contributed by atoms with E-state index in [0.717, 1.165) is 19.5 Å². The molecule has 15 heavy (non-hydrogen) atoms. The average Bonchev–Trinajstić information content (AvgIpc) is 2.40. The Morgan fingerprint density at radius 1 is 1.40 bits per heavy atom. The van der Waals surface area contributed by atoms with Crippen LogP contribution in [0.2, 0.25) is 0 Å². The summed E-state index contributed by atoms with van der Waals surface area (Å²) in [5, 5.41) is 0. The van der Waals surface area contributed by atoms with Gasteiger partial charge in [-0.15, -0.1) is 5.92 Å². The highest BCUT2D eigenvalue weighted by atomic mass is 16.1. The minimum absolute atomic E-state index is 0.302. The molecule has 1 heterocycles. The Bertz CT molecular complexity index is 261. The van der Waals surface area contributed by atoms with Crippen molar-refractivity contribution in [3.63, 3.8) is 0 Å². The lowest BCUT2D eigenvalue weighted by Crippen LogP contribution is -2.36. The molecular weight excluding hydrogens is 186 g/mol. The highest BCUT2D eigenvalue weighted by Gasteiger charge is 2.21. The van der Waals surface area contributed by atoms with Crippen LogP contribution in [0.3, 0.4) is 0 Å². The van der Waals surface area contributed by atoms with Gasteiger partial charge in [0.15, 0.2) is 0 Å². The first-order valence-corrected chi connectivity index (χ1v) is 5.87. The van der Waals surface area contributed by atoms with Gasteiger partial charge in [-0.2, -0.15) is 0 Å². The fraction of sp³-hybridized carbons (Fsp3) is 0.769. The molecule has 0 radical (unpaired) electrons. The minimum Gasteiger partial charge on any atom is -0.300 e. The maximum absolute atomic E-state index is 11.2. The maximum Gasteiger partial charge on any atom is 0.131 e. The van der Waals surface area contributed by atoms with Crippen molar-refractivity contribution < 1.29 is 4.79 Å². The third kappa shape index (κ3) is 4.48. The second-order valence-electron chi connectivity index (χ2n) is 4.31. The zero-order valence-electron chi connectivity index (χ0n) is 9.88. The Morgan fingerprint density at radius 2 is 2.20 bits per heavy atom. The van der Waals surface area contributed by atoms with Gasteiger partial charge in [-0.25, -0.2) is 0 Å². The second kappa shape index (κ2) is 6.63. The highest BCUT2D eigenvalue weighted by molar-refractivity contribution is 5.76. The van der Waals surface area contributed by atoms with Gasteiger partial charge in [-0.05, 0) is 33.2 Å². The summed E-state index contributed by atoms with van der Waals surface area (Å²) >= 11 is 0. The molecule has 0 aromatic carbocycles. The Morgan fingerprint density at radius 3 is 2.87 bits per heavy atom. The standard InChI is InChI=1S/C13H21NO/c1-3-4-9-14-10-7-5-6-8-13(14)11-12(2)15/h13H,5-11H2,1-2H3. The molecule has 1 fully saturated rings. The molecule has 1 aliphatic rings. The van der Waals surface area contributed by atoms with Gasteiger partial charge in [0.25, 0.3) is 0 Å². The first-order chi connectivity index (χ1) is 7.24. The van der Waals surface area contributed by atoms with Crippen molar-refractivity contribution in [2.75, 3.05) is 13.1 Å². The molecule has 84 valence electrons. The third-order valence-electron chi connectivity index (χ3n) is 2.98. The van der Waals surface area contributed by atoms with E-state index in [4.69, 9.17) is 0 Å². The molecule has 2 heteroatoms. The van der Waals surface area contributed by atoms with Gasteiger partial charge >= 0.3 is 0 Å². The van der Waals surface area contributed by atoms with E-state index in [0.29, 0.717) is 18.2 Å². The second-order valence-corrected chi connectivity index (χ2v) is 4.31. The van der Waals surface area contributed by atoms with E-state index in [-0.39, 0.29) is 0 Å². The van der Waals surface area contributed by atoms with E-state index in [1.165, 1.54) is 19.3 Å². The van der Waals surface area contributed by atoms with Crippen molar-refractivity contribution in [3.05, 3.63) is 0 Å². The SMILES string of the molecule is CC#CCN1CCCCCC1CC(C)=O. The van der Waals surface area contributed by atoms with E-state index < -0.39 is 0 Å². The molecule has 1 saturated heterocycles. The summed E-state index contributed by atoms with van der Waals surface area (Å²) in [4.78, 5) is 13.6. The molecule has 0 aromatic heterocycles. The first-order valence-electron chi connectivity index (χ1n) is 5.87. The first kappa shape index (κ1) is 12.3. The molecule has 1 atom stereocenters. The number of nitrogens with zero attached hydrogens (tertiary/aromatic N) is 1. The molecular formula is C13H21NO. The zero-order chi connectivity index (χ0) is 11.1. The number of carbonyl (C=O) groups excluding carboxylic acids is 1. The predicted molar refractivity (Wildman–Crippen MR) is 62.6 cm³/mol. The van der Waals surface area contributed by atoms with Gasteiger partial charge in [0.2, 0.25) is 0 Å². The number of rotatable bonds is 3. The van der Waals surface area contributed by atoms with E-state index in [9.17, 15) is 4.79 Å². The van der Waals surface area contributed by atoms with Crippen molar-refractivity contribution in [1.82, 2.24) is 4.90 Å². The van der Waals surface area contributed by atoms with Gasteiger partial charge in [-0.3, -0.25) is 9.69 Å². The molecule has 0 saturated carbocycles. The fourth-order valence-electron chi connectivity index (χ4n) is 2.19. The summed E-state index contributed by atoms with van der Waals surface area (Å²) < 4.78 is 0. The van der Waals surface area contributed by atoms with Crippen molar-refractivity contribution in [3.8, 4) is 11.8 Å². The number of hydrogen-bond donors (Lipinski definition) is 0. The summed E-state index contributed by atoms with van der Waals surface area (Å²) in [6.07, 6.45) is 5.66. The predicted octanol–water partition coefficient (Wildman–Crippen LogP) is 2.23. The summed E-state index contributed by atoms with van der Waals surface area (Å²) in [7, 11) is 0. The monoisotopic (exact) mass is 207 g/mol. The zero-order valence-corrected chi connectivity index (χ0v) is 9.88. The molecule has 0 amide bonds. The van der Waals surface area contributed by atoms with Gasteiger partial charge in [0.1, 0.15) is 5.78 Å². The Labute approximate surface area is 93.0 Å². The van der Waals surface area contributed by atoms with Crippen LogP contribution in [0.4, 0.5) is 0 Å². The Hall–Kier alpha value is -0.810. The van der Waals surface area contributed by atoms with E-state index in [2.05, 4.69) is 16.7 Å². The van der Waals surface area contributed by atoms with Crippen LogP contribution in [0.15, 0.2) is 0 Å². The summed E-state index contributed by atoms with van der Waals surface area (Å²) in [6, 6.07) is 0.436. The number of carbonyl (C=O) groups is 1. The molecule has 1 unspecified atom stereocenters. The fourth-order valence-corrected chi connectivity index (χ4v) is 2.19. The van der Waals surface area contributed by atoms with E-state index in [1.54, 1.807) is 6.92 Å². The van der Waals surface area contributed by atoms with E-state index in [1.807, 2.05) is 6.92 Å². The molecule has 2 nitrogen and oxygen atoms in total. The smallest absolute Gasteiger partial charge is 0.131 e. The number of hydrogen-bond acceptors (Lipinski definition) is 2. The van der Waals surface area contributed by atoms with Gasteiger partial charge < -0.3 is 0 Å². The quantitative estimate of drug-likeness (QED) is 0.661.